The van der Waals surface area contributed by atoms with Gasteiger partial charge in [-0.2, -0.15) is 0 Å². The molecule has 2 N–H and O–H groups in total. The van der Waals surface area contributed by atoms with Gasteiger partial charge in [-0.1, -0.05) is 0 Å². The van der Waals surface area contributed by atoms with Crippen molar-refractivity contribution >= 4 is 25.8 Å². The van der Waals surface area contributed by atoms with Crippen molar-refractivity contribution in [2.24, 2.45) is 0 Å². The molecule has 0 bridgehead atoms. The van der Waals surface area contributed by atoms with E-state index in [2.05, 4.69) is 11.4 Å². The van der Waals surface area contributed by atoms with Crippen LogP contribution in [0.2, 0.25) is 0 Å². The van der Waals surface area contributed by atoms with Crippen molar-refractivity contribution in [3.8, 4) is 0 Å². The van der Waals surface area contributed by atoms with Gasteiger partial charge in [0.15, 0.2) is 0 Å². The van der Waals surface area contributed by atoms with Gasteiger partial charge < -0.3 is 0 Å². The molecule has 0 radical (unpaired) electrons. The topological polar surface area (TPSA) is 49.3 Å². The van der Waals surface area contributed by atoms with Gasteiger partial charge in [0, 0.05) is 0 Å². The number of benzene rings is 1. The second kappa shape index (κ2) is 6.44. The summed E-state index contributed by atoms with van der Waals surface area (Å²) in [6.07, 6.45) is 5.84. The molecule has 5 heteroatoms. The SMILES string of the molecule is O=C(O)c1ccc(CNC2CCC=C(I3CC3)C2)c(F)c1. The molecular weight excluding hydrogens is 384 g/mol. The molecule has 1 aliphatic carbocycles. The number of carbonyl (C=O) groups is 1. The summed E-state index contributed by atoms with van der Waals surface area (Å²) in [6.45, 7) is 0.470. The van der Waals surface area contributed by atoms with E-state index in [1.54, 1.807) is 9.65 Å². The van der Waals surface area contributed by atoms with Crippen molar-refractivity contribution < 1.29 is 14.3 Å². The van der Waals surface area contributed by atoms with Crippen LogP contribution in [-0.4, -0.2) is 26.0 Å². The van der Waals surface area contributed by atoms with E-state index in [1.807, 2.05) is 0 Å². The minimum absolute atomic E-state index is 0.000336. The zero-order valence-electron chi connectivity index (χ0n) is 11.7. The van der Waals surface area contributed by atoms with Crippen LogP contribution in [0.4, 0.5) is 4.39 Å². The summed E-state index contributed by atoms with van der Waals surface area (Å²) < 4.78 is 18.6. The van der Waals surface area contributed by atoms with E-state index in [-0.39, 0.29) is 5.56 Å². The minimum atomic E-state index is -1.09. The first-order valence-corrected chi connectivity index (χ1v) is 11.3. The fourth-order valence-electron chi connectivity index (χ4n) is 2.61. The molecule has 114 valence electrons. The number of alkyl halides is 2. The summed E-state index contributed by atoms with van der Waals surface area (Å²) in [7, 11) is 0. The number of halogens is 2. The maximum atomic E-state index is 13.9. The monoisotopic (exact) mass is 403 g/mol. The molecule has 1 saturated heterocycles. The fraction of sp³-hybridized carbons (Fsp3) is 0.438. The average molecular weight is 403 g/mol. The second-order valence-corrected chi connectivity index (χ2v) is 11.6. The van der Waals surface area contributed by atoms with Crippen LogP contribution in [0.5, 0.6) is 0 Å². The Bertz CT molecular complexity index is 584. The van der Waals surface area contributed by atoms with Crippen LogP contribution in [0, 0.1) is 5.82 Å². The molecule has 3 rings (SSSR count). The Morgan fingerprint density at radius 2 is 2.24 bits per heavy atom. The van der Waals surface area contributed by atoms with Gasteiger partial charge in [0.2, 0.25) is 0 Å². The van der Waals surface area contributed by atoms with E-state index in [0.717, 1.165) is 25.3 Å². The predicted molar refractivity (Wildman–Crippen MR) is 89.7 cm³/mol. The van der Waals surface area contributed by atoms with Crippen LogP contribution in [0.15, 0.2) is 27.9 Å². The maximum absolute atomic E-state index is 13.9. The Kier molecular flexibility index (Phi) is 4.59. The molecule has 3 nitrogen and oxygen atoms in total. The number of carboxylic acids is 1. The van der Waals surface area contributed by atoms with Crippen molar-refractivity contribution in [3.05, 3.63) is 44.8 Å². The number of hydrogen-bond donors (Lipinski definition) is 2. The Hall–Kier alpha value is -0.950. The van der Waals surface area contributed by atoms with Crippen molar-refractivity contribution in [2.75, 3.05) is 8.86 Å². The van der Waals surface area contributed by atoms with E-state index in [1.165, 1.54) is 14.9 Å². The van der Waals surface area contributed by atoms with Crippen LogP contribution in [-0.2, 0) is 6.54 Å². The fourth-order valence-corrected chi connectivity index (χ4v) is 7.66. The zero-order valence-corrected chi connectivity index (χ0v) is 13.9. The first-order valence-electron chi connectivity index (χ1n) is 7.19. The van der Waals surface area contributed by atoms with Gasteiger partial charge in [-0.3, -0.25) is 0 Å². The van der Waals surface area contributed by atoms with Gasteiger partial charge in [-0.25, -0.2) is 0 Å². The van der Waals surface area contributed by atoms with Crippen LogP contribution >= 0.6 is 19.8 Å². The van der Waals surface area contributed by atoms with Gasteiger partial charge in [0.25, 0.3) is 0 Å². The third kappa shape index (κ3) is 3.83. The van der Waals surface area contributed by atoms with E-state index in [0.29, 0.717) is 18.2 Å². The number of allylic oxidation sites excluding steroid dienone is 1. The molecule has 1 heterocycles. The first-order chi connectivity index (χ1) is 10.1. The Balaban J connectivity index is 1.57. The first kappa shape index (κ1) is 15.0. The van der Waals surface area contributed by atoms with Crippen molar-refractivity contribution in [1.82, 2.24) is 5.32 Å². The zero-order chi connectivity index (χ0) is 14.8. The number of aromatic carboxylic acids is 1. The van der Waals surface area contributed by atoms with Crippen LogP contribution < -0.4 is 5.32 Å². The Morgan fingerprint density at radius 1 is 1.43 bits per heavy atom. The van der Waals surface area contributed by atoms with Crippen LogP contribution in [0.1, 0.15) is 35.2 Å². The third-order valence-electron chi connectivity index (χ3n) is 3.92. The number of rotatable bonds is 5. The van der Waals surface area contributed by atoms with Gasteiger partial charge in [0.05, 0.1) is 0 Å². The summed E-state index contributed by atoms with van der Waals surface area (Å²) in [4.78, 5) is 10.8. The molecule has 0 aromatic heterocycles. The average Bonchev–Trinajstić information content (AvgIpc) is 3.31. The van der Waals surface area contributed by atoms with Crippen molar-refractivity contribution in [2.45, 2.75) is 31.8 Å². The normalized spacial score (nSPS) is 22.8. The summed E-state index contributed by atoms with van der Waals surface area (Å²) in [5, 5.41) is 12.3. The second-order valence-electron chi connectivity index (χ2n) is 5.46. The molecule has 1 aromatic carbocycles. The quantitative estimate of drug-likeness (QED) is 0.584. The molecule has 1 atom stereocenters. The van der Waals surface area contributed by atoms with E-state index >= 15 is 0 Å². The molecule has 0 amide bonds. The summed E-state index contributed by atoms with van der Waals surface area (Å²) >= 11 is -0.651. The Labute approximate surface area is 131 Å². The van der Waals surface area contributed by atoms with Crippen LogP contribution in [0.25, 0.3) is 0 Å². The molecule has 1 unspecified atom stereocenters. The molecule has 1 fully saturated rings. The molecule has 1 aromatic rings. The summed E-state index contributed by atoms with van der Waals surface area (Å²) in [5.74, 6) is -1.53. The van der Waals surface area contributed by atoms with Gasteiger partial charge in [-0.15, -0.1) is 0 Å². The molecule has 1 aliphatic heterocycles. The van der Waals surface area contributed by atoms with E-state index < -0.39 is 31.6 Å². The summed E-state index contributed by atoms with van der Waals surface area (Å²) in [5.41, 5.74) is 0.543. The van der Waals surface area contributed by atoms with E-state index in [9.17, 15) is 9.18 Å². The van der Waals surface area contributed by atoms with Gasteiger partial charge in [0.1, 0.15) is 0 Å². The number of nitrogens with one attached hydrogen (secondary N) is 1. The number of carboxylic acid groups (broad SMARTS) is 1. The third-order valence-corrected chi connectivity index (χ3v) is 8.92. The molecule has 0 saturated carbocycles. The standard InChI is InChI=1S/C16H19FINO2/c17-15-8-11(16(20)21)4-5-12(15)10-19-14-3-1-2-13(9-14)18-6-7-18/h2,4-5,8,14,19H,1,3,6-7,9-10H2,(H,20,21). The van der Waals surface area contributed by atoms with Gasteiger partial charge >= 0.3 is 131 Å². The molecule has 2 aliphatic rings. The van der Waals surface area contributed by atoms with Crippen LogP contribution in [0.3, 0.4) is 0 Å². The van der Waals surface area contributed by atoms with Gasteiger partial charge in [-0.05, 0) is 0 Å². The molecule has 0 spiro atoms. The van der Waals surface area contributed by atoms with E-state index in [4.69, 9.17) is 5.11 Å². The summed E-state index contributed by atoms with van der Waals surface area (Å²) in [6, 6.07) is 4.58. The van der Waals surface area contributed by atoms with Crippen molar-refractivity contribution in [3.63, 3.8) is 0 Å². The molecular formula is C16H19FINO2. The Morgan fingerprint density at radius 3 is 2.90 bits per heavy atom. The molecule has 21 heavy (non-hydrogen) atoms. The predicted octanol–water partition coefficient (Wildman–Crippen LogP) is 3.57. The number of hydrogen-bond acceptors (Lipinski definition) is 2. The van der Waals surface area contributed by atoms with Crippen molar-refractivity contribution in [1.29, 1.82) is 0 Å².